The summed E-state index contributed by atoms with van der Waals surface area (Å²) < 4.78 is 17.9. The number of amides is 1. The van der Waals surface area contributed by atoms with Gasteiger partial charge >= 0.3 is 5.97 Å². The second kappa shape index (κ2) is 7.18. The summed E-state index contributed by atoms with van der Waals surface area (Å²) in [6.45, 7) is 2.99. The van der Waals surface area contributed by atoms with E-state index in [0.29, 0.717) is 11.6 Å². The van der Waals surface area contributed by atoms with Crippen molar-refractivity contribution in [2.24, 2.45) is 0 Å². The molecule has 0 saturated carbocycles. The largest absolute Gasteiger partial charge is 0.452 e. The van der Waals surface area contributed by atoms with Crippen LogP contribution in [0.1, 0.15) is 20.1 Å². The Morgan fingerprint density at radius 1 is 1.33 bits per heavy atom. The van der Waals surface area contributed by atoms with E-state index in [0.717, 1.165) is 21.9 Å². The first kappa shape index (κ1) is 17.5. The van der Waals surface area contributed by atoms with Crippen LogP contribution >= 0.6 is 11.3 Å². The zero-order valence-electron chi connectivity index (χ0n) is 12.8. The molecule has 0 radical (unpaired) electrons. The standard InChI is InChI=1S/C15H13FN2O5S/c1-8-5-11(9(2)24-8)15(20)23-7-14(19)17-12-4-3-10(16)6-13(12)18(21)22/h3-6H,7H2,1-2H3,(H,17,19). The summed E-state index contributed by atoms with van der Waals surface area (Å²) in [4.78, 5) is 35.4. The van der Waals surface area contributed by atoms with Gasteiger partial charge in [-0.2, -0.15) is 0 Å². The number of aryl methyl sites for hydroxylation is 2. The molecule has 0 atom stereocenters. The first-order valence-corrected chi connectivity index (χ1v) is 7.57. The minimum atomic E-state index is -0.817. The Morgan fingerprint density at radius 2 is 2.04 bits per heavy atom. The predicted octanol–water partition coefficient (Wildman–Crippen LogP) is 3.21. The molecule has 126 valence electrons. The number of nitrogens with zero attached hydrogens (tertiary/aromatic N) is 1. The maximum absolute atomic E-state index is 13.0. The molecule has 0 unspecified atom stereocenters. The molecule has 2 rings (SSSR count). The molecule has 0 aliphatic rings. The topological polar surface area (TPSA) is 98.5 Å². The zero-order valence-corrected chi connectivity index (χ0v) is 13.6. The predicted molar refractivity (Wildman–Crippen MR) is 85.8 cm³/mol. The van der Waals surface area contributed by atoms with E-state index in [9.17, 15) is 24.1 Å². The van der Waals surface area contributed by atoms with Crippen LogP contribution in [0.2, 0.25) is 0 Å². The lowest BCUT2D eigenvalue weighted by atomic mass is 10.2. The number of hydrogen-bond acceptors (Lipinski definition) is 6. The van der Waals surface area contributed by atoms with Crippen LogP contribution in [0, 0.1) is 29.8 Å². The van der Waals surface area contributed by atoms with Gasteiger partial charge in [0.15, 0.2) is 6.61 Å². The molecule has 1 aromatic carbocycles. The number of nitro groups is 1. The van der Waals surface area contributed by atoms with E-state index in [1.807, 2.05) is 6.92 Å². The highest BCUT2D eigenvalue weighted by Crippen LogP contribution is 2.25. The number of esters is 1. The van der Waals surface area contributed by atoms with Gasteiger partial charge in [-0.15, -0.1) is 11.3 Å². The molecule has 9 heteroatoms. The summed E-state index contributed by atoms with van der Waals surface area (Å²) in [5.74, 6) is -2.21. The van der Waals surface area contributed by atoms with Gasteiger partial charge in [-0.25, -0.2) is 9.18 Å². The van der Waals surface area contributed by atoms with Crippen molar-refractivity contribution >= 4 is 34.6 Å². The van der Waals surface area contributed by atoms with Gasteiger partial charge in [-0.3, -0.25) is 14.9 Å². The van der Waals surface area contributed by atoms with Crippen LogP contribution in [0.15, 0.2) is 24.3 Å². The molecule has 0 bridgehead atoms. The van der Waals surface area contributed by atoms with E-state index in [4.69, 9.17) is 4.74 Å². The molecule has 0 spiro atoms. The summed E-state index contributed by atoms with van der Waals surface area (Å²) >= 11 is 1.43. The molecule has 1 aromatic heterocycles. The summed E-state index contributed by atoms with van der Waals surface area (Å²) in [5, 5.41) is 13.1. The first-order valence-electron chi connectivity index (χ1n) is 6.76. The molecular formula is C15H13FN2O5S. The highest BCUT2D eigenvalue weighted by atomic mass is 32.1. The molecule has 2 aromatic rings. The van der Waals surface area contributed by atoms with Crippen molar-refractivity contribution in [1.82, 2.24) is 0 Å². The quantitative estimate of drug-likeness (QED) is 0.506. The fourth-order valence-corrected chi connectivity index (χ4v) is 2.90. The molecule has 7 nitrogen and oxygen atoms in total. The number of benzene rings is 1. The van der Waals surface area contributed by atoms with Crippen molar-refractivity contribution in [2.45, 2.75) is 13.8 Å². The van der Waals surface area contributed by atoms with Crippen molar-refractivity contribution in [3.05, 3.63) is 55.5 Å². The third-order valence-corrected chi connectivity index (χ3v) is 3.99. The van der Waals surface area contributed by atoms with E-state index in [2.05, 4.69) is 5.32 Å². The fraction of sp³-hybridized carbons (Fsp3) is 0.200. The van der Waals surface area contributed by atoms with Crippen molar-refractivity contribution in [2.75, 3.05) is 11.9 Å². The Kier molecular flexibility index (Phi) is 5.24. The Hall–Kier alpha value is -2.81. The van der Waals surface area contributed by atoms with Crippen molar-refractivity contribution in [1.29, 1.82) is 0 Å². The second-order valence-electron chi connectivity index (χ2n) is 4.87. The van der Waals surface area contributed by atoms with Crippen LogP contribution in [0.25, 0.3) is 0 Å². The molecule has 1 N–H and O–H groups in total. The van der Waals surface area contributed by atoms with Gasteiger partial charge in [0.2, 0.25) is 0 Å². The third kappa shape index (κ3) is 4.13. The number of nitrogens with one attached hydrogen (secondary N) is 1. The number of halogens is 1. The van der Waals surface area contributed by atoms with E-state index in [-0.39, 0.29) is 5.69 Å². The van der Waals surface area contributed by atoms with E-state index >= 15 is 0 Å². The smallest absolute Gasteiger partial charge is 0.339 e. The zero-order chi connectivity index (χ0) is 17.9. The monoisotopic (exact) mass is 352 g/mol. The number of hydrogen-bond donors (Lipinski definition) is 1. The van der Waals surface area contributed by atoms with Gasteiger partial charge in [-0.05, 0) is 32.0 Å². The lowest BCUT2D eigenvalue weighted by Crippen LogP contribution is -2.21. The number of rotatable bonds is 5. The molecule has 24 heavy (non-hydrogen) atoms. The van der Waals surface area contributed by atoms with Crippen LogP contribution in [0.4, 0.5) is 15.8 Å². The number of nitro benzene ring substituents is 1. The highest BCUT2D eigenvalue weighted by molar-refractivity contribution is 7.12. The summed E-state index contributed by atoms with van der Waals surface area (Å²) in [6, 6.07) is 4.40. The van der Waals surface area contributed by atoms with Crippen LogP contribution in [-0.4, -0.2) is 23.4 Å². The Bertz CT molecular complexity index is 818. The van der Waals surface area contributed by atoms with Crippen molar-refractivity contribution in [3.8, 4) is 0 Å². The molecular weight excluding hydrogens is 339 g/mol. The van der Waals surface area contributed by atoms with Crippen molar-refractivity contribution in [3.63, 3.8) is 0 Å². The molecule has 0 saturated heterocycles. The number of ether oxygens (including phenoxy) is 1. The Balaban J connectivity index is 2.00. The molecule has 0 fully saturated rings. The number of anilines is 1. The van der Waals surface area contributed by atoms with E-state index in [1.54, 1.807) is 13.0 Å². The van der Waals surface area contributed by atoms with Crippen LogP contribution in [0.3, 0.4) is 0 Å². The number of thiophene rings is 1. The normalized spacial score (nSPS) is 10.3. The van der Waals surface area contributed by atoms with Gasteiger partial charge in [0, 0.05) is 9.75 Å². The minimum Gasteiger partial charge on any atom is -0.452 e. The van der Waals surface area contributed by atoms with Gasteiger partial charge in [0.25, 0.3) is 11.6 Å². The van der Waals surface area contributed by atoms with Crippen LogP contribution in [0.5, 0.6) is 0 Å². The first-order chi connectivity index (χ1) is 11.3. The van der Waals surface area contributed by atoms with Gasteiger partial charge in [0.05, 0.1) is 16.6 Å². The lowest BCUT2D eigenvalue weighted by Gasteiger charge is -2.07. The molecule has 0 aliphatic carbocycles. The number of carbonyl (C=O) groups is 2. The van der Waals surface area contributed by atoms with Crippen LogP contribution in [-0.2, 0) is 9.53 Å². The maximum atomic E-state index is 13.0. The Morgan fingerprint density at radius 3 is 2.62 bits per heavy atom. The average molecular weight is 352 g/mol. The summed E-state index contributed by atoms with van der Waals surface area (Å²) in [5.41, 5.74) is -0.387. The third-order valence-electron chi connectivity index (χ3n) is 3.03. The van der Waals surface area contributed by atoms with Crippen LogP contribution < -0.4 is 5.32 Å². The molecule has 1 heterocycles. The lowest BCUT2D eigenvalue weighted by molar-refractivity contribution is -0.384. The summed E-state index contributed by atoms with van der Waals surface area (Å²) in [7, 11) is 0. The summed E-state index contributed by atoms with van der Waals surface area (Å²) in [6.07, 6.45) is 0. The van der Waals surface area contributed by atoms with E-state index in [1.165, 1.54) is 11.3 Å². The van der Waals surface area contributed by atoms with E-state index < -0.39 is 34.9 Å². The van der Waals surface area contributed by atoms with Gasteiger partial charge < -0.3 is 10.1 Å². The molecule has 0 aliphatic heterocycles. The highest BCUT2D eigenvalue weighted by Gasteiger charge is 2.19. The van der Waals surface area contributed by atoms with Gasteiger partial charge in [0.1, 0.15) is 11.5 Å². The SMILES string of the molecule is Cc1cc(C(=O)OCC(=O)Nc2ccc(F)cc2[N+](=O)[O-])c(C)s1. The number of carbonyl (C=O) groups excluding carboxylic acids is 2. The van der Waals surface area contributed by atoms with Gasteiger partial charge in [-0.1, -0.05) is 0 Å². The maximum Gasteiger partial charge on any atom is 0.339 e. The Labute approximate surface area is 140 Å². The minimum absolute atomic E-state index is 0.176. The fourth-order valence-electron chi connectivity index (χ4n) is 1.99. The molecule has 1 amide bonds. The second-order valence-corrected chi connectivity index (χ2v) is 6.33. The average Bonchev–Trinajstić information content (AvgIpc) is 2.85. The van der Waals surface area contributed by atoms with Crippen molar-refractivity contribution < 1.29 is 23.6 Å².